The summed E-state index contributed by atoms with van der Waals surface area (Å²) in [6.07, 6.45) is 17.4. The molecule has 4 nitrogen and oxygen atoms in total. The number of nitrogens with zero attached hydrogens (tertiary/aromatic N) is 1. The van der Waals surface area contributed by atoms with Crippen LogP contribution in [0.2, 0.25) is 0 Å². The van der Waals surface area contributed by atoms with Crippen molar-refractivity contribution in [1.29, 1.82) is 0 Å². The number of hydrogen-bond acceptors (Lipinski definition) is 3. The summed E-state index contributed by atoms with van der Waals surface area (Å²) in [5.41, 5.74) is -0.136. The predicted octanol–water partition coefficient (Wildman–Crippen LogP) is 5.76. The van der Waals surface area contributed by atoms with E-state index in [1.54, 1.807) is 4.90 Å². The summed E-state index contributed by atoms with van der Waals surface area (Å²) in [6, 6.07) is 0.0166. The van der Waals surface area contributed by atoms with Crippen molar-refractivity contribution in [2.24, 2.45) is 5.92 Å². The molecule has 4 heteroatoms. The van der Waals surface area contributed by atoms with Gasteiger partial charge in [-0.3, -0.25) is 14.5 Å². The van der Waals surface area contributed by atoms with Gasteiger partial charge in [-0.1, -0.05) is 57.6 Å². The van der Waals surface area contributed by atoms with Crippen LogP contribution in [-0.4, -0.2) is 33.8 Å². The van der Waals surface area contributed by atoms with Gasteiger partial charge in [-0.05, 0) is 59.8 Å². The van der Waals surface area contributed by atoms with Gasteiger partial charge in [0.15, 0.2) is 0 Å². The van der Waals surface area contributed by atoms with Gasteiger partial charge in [0.05, 0.1) is 5.92 Å². The molecule has 2 rings (SSSR count). The van der Waals surface area contributed by atoms with Crippen molar-refractivity contribution in [3.05, 3.63) is 12.2 Å². The van der Waals surface area contributed by atoms with Crippen LogP contribution in [0.1, 0.15) is 112 Å². The summed E-state index contributed by atoms with van der Waals surface area (Å²) >= 11 is 0. The number of unbranched alkanes of at least 4 members (excludes halogenated alkanes) is 7. The first-order chi connectivity index (χ1) is 13.7. The number of likely N-dealkylation sites (tertiary alicyclic amines) is 1. The van der Waals surface area contributed by atoms with E-state index < -0.39 is 0 Å². The normalized spacial score (nSPS) is 24.7. The van der Waals surface area contributed by atoms with Gasteiger partial charge >= 0.3 is 0 Å². The van der Waals surface area contributed by atoms with Crippen molar-refractivity contribution < 1.29 is 9.59 Å². The summed E-state index contributed by atoms with van der Waals surface area (Å²) < 4.78 is 0. The van der Waals surface area contributed by atoms with Crippen molar-refractivity contribution in [3.63, 3.8) is 0 Å². The lowest BCUT2D eigenvalue weighted by Gasteiger charge is -2.48. The fourth-order valence-electron chi connectivity index (χ4n) is 5.33. The first-order valence-electron chi connectivity index (χ1n) is 12.0. The summed E-state index contributed by atoms with van der Waals surface area (Å²) in [6.45, 7) is 10.9. The number of nitrogens with one attached hydrogen (secondary N) is 1. The first kappa shape index (κ1) is 24.1. The van der Waals surface area contributed by atoms with E-state index in [1.807, 2.05) is 0 Å². The van der Waals surface area contributed by atoms with E-state index in [-0.39, 0.29) is 34.9 Å². The number of amides is 2. The third-order valence-corrected chi connectivity index (χ3v) is 6.37. The Balaban J connectivity index is 1.76. The zero-order valence-electron chi connectivity index (χ0n) is 19.6. The second kappa shape index (κ2) is 10.7. The zero-order valence-corrected chi connectivity index (χ0v) is 19.6. The second-order valence-corrected chi connectivity index (χ2v) is 10.6. The molecule has 0 radical (unpaired) electrons. The van der Waals surface area contributed by atoms with Gasteiger partial charge in [0.2, 0.25) is 11.8 Å². The summed E-state index contributed by atoms with van der Waals surface area (Å²) in [5.74, 6) is -0.0815. The Labute approximate surface area is 178 Å². The Morgan fingerprint density at radius 2 is 1.52 bits per heavy atom. The van der Waals surface area contributed by atoms with Crippen LogP contribution >= 0.6 is 0 Å². The Morgan fingerprint density at radius 1 is 0.931 bits per heavy atom. The van der Waals surface area contributed by atoms with Gasteiger partial charge in [-0.15, -0.1) is 0 Å². The summed E-state index contributed by atoms with van der Waals surface area (Å²) in [5, 5.41) is 3.64. The molecule has 166 valence electrons. The standard InChI is InChI=1S/C25H44N2O2/c1-6-7-8-9-10-11-12-13-14-15-16-20-17-22(28)27(23(20)29)21-18-24(2,3)26-25(4,5)19-21/h14-15,20-21,26H,6-13,16-19H2,1-5H3/b15-14+. The number of rotatable bonds is 11. The Kier molecular flexibility index (Phi) is 8.93. The molecule has 2 aliphatic rings. The molecule has 2 fully saturated rings. The van der Waals surface area contributed by atoms with E-state index in [4.69, 9.17) is 0 Å². The largest absolute Gasteiger partial charge is 0.307 e. The highest BCUT2D eigenvalue weighted by Gasteiger charge is 2.47. The SMILES string of the molecule is CCCCCCCCC/C=C/CC1CC(=O)N(C2CC(C)(C)NC(C)(C)C2)C1=O. The van der Waals surface area contributed by atoms with Crippen LogP contribution in [0, 0.1) is 5.92 Å². The Hall–Kier alpha value is -1.16. The smallest absolute Gasteiger partial charge is 0.233 e. The number of imide groups is 1. The zero-order chi connectivity index (χ0) is 21.5. The van der Waals surface area contributed by atoms with Crippen LogP contribution in [0.4, 0.5) is 0 Å². The third-order valence-electron chi connectivity index (χ3n) is 6.37. The summed E-state index contributed by atoms with van der Waals surface area (Å²) in [7, 11) is 0. The molecule has 2 heterocycles. The van der Waals surface area contributed by atoms with Gasteiger partial charge in [-0.2, -0.15) is 0 Å². The maximum Gasteiger partial charge on any atom is 0.233 e. The molecule has 0 aliphatic carbocycles. The van der Waals surface area contributed by atoms with E-state index in [1.165, 1.54) is 44.9 Å². The van der Waals surface area contributed by atoms with E-state index >= 15 is 0 Å². The molecule has 1 atom stereocenters. The Morgan fingerprint density at radius 3 is 2.14 bits per heavy atom. The van der Waals surface area contributed by atoms with Crippen molar-refractivity contribution in [3.8, 4) is 0 Å². The minimum Gasteiger partial charge on any atom is -0.307 e. The lowest BCUT2D eigenvalue weighted by molar-refractivity contribution is -0.144. The molecular weight excluding hydrogens is 360 g/mol. The van der Waals surface area contributed by atoms with E-state index in [0.29, 0.717) is 12.8 Å². The van der Waals surface area contributed by atoms with Crippen LogP contribution in [0.15, 0.2) is 12.2 Å². The molecule has 0 aromatic heterocycles. The molecule has 0 spiro atoms. The molecule has 0 bridgehead atoms. The first-order valence-corrected chi connectivity index (χ1v) is 12.0. The van der Waals surface area contributed by atoms with Crippen LogP contribution in [0.3, 0.4) is 0 Å². The van der Waals surface area contributed by atoms with Gasteiger partial charge in [0.1, 0.15) is 0 Å². The van der Waals surface area contributed by atoms with Gasteiger partial charge in [-0.25, -0.2) is 0 Å². The summed E-state index contributed by atoms with van der Waals surface area (Å²) in [4.78, 5) is 27.2. The molecule has 2 saturated heterocycles. The number of carbonyl (C=O) groups is 2. The van der Waals surface area contributed by atoms with Crippen LogP contribution in [-0.2, 0) is 9.59 Å². The number of allylic oxidation sites excluding steroid dienone is 2. The fraction of sp³-hybridized carbons (Fsp3) is 0.840. The average molecular weight is 405 g/mol. The molecule has 1 N–H and O–H groups in total. The molecule has 2 aliphatic heterocycles. The van der Waals surface area contributed by atoms with Crippen LogP contribution < -0.4 is 5.32 Å². The molecule has 2 amide bonds. The third kappa shape index (κ3) is 7.55. The molecule has 0 aromatic rings. The second-order valence-electron chi connectivity index (χ2n) is 10.6. The van der Waals surface area contributed by atoms with Crippen LogP contribution in [0.25, 0.3) is 0 Å². The lowest BCUT2D eigenvalue weighted by atomic mass is 9.79. The molecule has 1 unspecified atom stereocenters. The number of piperidine rings is 1. The molecule has 0 aromatic carbocycles. The maximum atomic E-state index is 13.0. The van der Waals surface area contributed by atoms with Crippen molar-refractivity contribution >= 4 is 11.8 Å². The van der Waals surface area contributed by atoms with Crippen molar-refractivity contribution in [1.82, 2.24) is 10.2 Å². The Bertz CT molecular complexity index is 563. The highest BCUT2D eigenvalue weighted by Crippen LogP contribution is 2.35. The van der Waals surface area contributed by atoms with Crippen molar-refractivity contribution in [2.75, 3.05) is 0 Å². The topological polar surface area (TPSA) is 49.4 Å². The maximum absolute atomic E-state index is 13.0. The van der Waals surface area contributed by atoms with E-state index in [9.17, 15) is 9.59 Å². The average Bonchev–Trinajstić information content (AvgIpc) is 2.87. The van der Waals surface area contributed by atoms with Crippen molar-refractivity contribution in [2.45, 2.75) is 129 Å². The number of carbonyl (C=O) groups excluding carboxylic acids is 2. The predicted molar refractivity (Wildman–Crippen MR) is 121 cm³/mol. The molecule has 29 heavy (non-hydrogen) atoms. The highest BCUT2D eigenvalue weighted by atomic mass is 16.2. The highest BCUT2D eigenvalue weighted by molar-refractivity contribution is 6.04. The monoisotopic (exact) mass is 404 g/mol. The van der Waals surface area contributed by atoms with Crippen LogP contribution in [0.5, 0.6) is 0 Å². The quantitative estimate of drug-likeness (QED) is 0.271. The number of hydrogen-bond donors (Lipinski definition) is 1. The van der Waals surface area contributed by atoms with Gasteiger partial charge in [0, 0.05) is 23.5 Å². The molecule has 0 saturated carbocycles. The minimum absolute atomic E-state index is 0.0166. The molecular formula is C25H44N2O2. The minimum atomic E-state index is -0.158. The van der Waals surface area contributed by atoms with E-state index in [2.05, 4.69) is 52.1 Å². The fourth-order valence-corrected chi connectivity index (χ4v) is 5.33. The van der Waals surface area contributed by atoms with E-state index in [0.717, 1.165) is 19.3 Å². The van der Waals surface area contributed by atoms with Gasteiger partial charge < -0.3 is 5.32 Å². The van der Waals surface area contributed by atoms with Gasteiger partial charge in [0.25, 0.3) is 0 Å². The lowest BCUT2D eigenvalue weighted by Crippen LogP contribution is -2.62.